The molecule has 0 saturated carbocycles. The summed E-state index contributed by atoms with van der Waals surface area (Å²) >= 11 is 0. The number of aromatic nitrogens is 2. The van der Waals surface area contributed by atoms with Gasteiger partial charge in [0, 0.05) is 5.56 Å². The number of fused-ring (bicyclic) bond motifs is 2. The zero-order valence-electron chi connectivity index (χ0n) is 14.0. The number of hydrogen-bond donors (Lipinski definition) is 4. The van der Waals surface area contributed by atoms with E-state index >= 15 is 0 Å². The van der Waals surface area contributed by atoms with Gasteiger partial charge in [-0.3, -0.25) is 9.89 Å². The first-order valence-electron chi connectivity index (χ1n) is 8.12. The first kappa shape index (κ1) is 16.6. The summed E-state index contributed by atoms with van der Waals surface area (Å²) in [4.78, 5) is 37.3. The van der Waals surface area contributed by atoms with E-state index in [1.807, 2.05) is 6.07 Å². The fraction of sp³-hybridized carbons (Fsp3) is 0.111. The van der Waals surface area contributed by atoms with Crippen molar-refractivity contribution in [2.24, 2.45) is 5.73 Å². The van der Waals surface area contributed by atoms with E-state index in [9.17, 15) is 19.5 Å². The Labute approximate surface area is 152 Å². The third-order valence-corrected chi connectivity index (χ3v) is 4.58. The van der Waals surface area contributed by atoms with E-state index in [4.69, 9.17) is 5.73 Å². The predicted molar refractivity (Wildman–Crippen MR) is 96.3 cm³/mol. The number of amides is 3. The molecule has 0 atom stereocenters. The van der Waals surface area contributed by atoms with Gasteiger partial charge >= 0.3 is 12.0 Å². The minimum atomic E-state index is -1.19. The summed E-state index contributed by atoms with van der Waals surface area (Å²) in [5, 5.41) is 20.3. The van der Waals surface area contributed by atoms with Crippen LogP contribution in [0.3, 0.4) is 0 Å². The smallest absolute Gasteiger partial charge is 0.336 e. The Balaban J connectivity index is 1.73. The summed E-state index contributed by atoms with van der Waals surface area (Å²) in [6, 6.07) is 9.54. The molecular weight excluding hydrogens is 350 g/mol. The molecule has 0 unspecified atom stereocenters. The Bertz CT molecular complexity index is 1100. The van der Waals surface area contributed by atoms with Crippen LogP contribution in [0, 0.1) is 0 Å². The van der Waals surface area contributed by atoms with E-state index < -0.39 is 17.9 Å². The van der Waals surface area contributed by atoms with E-state index in [0.29, 0.717) is 22.5 Å². The van der Waals surface area contributed by atoms with Gasteiger partial charge in [0.25, 0.3) is 5.91 Å². The lowest BCUT2D eigenvalue weighted by atomic mass is 9.98. The van der Waals surface area contributed by atoms with Gasteiger partial charge < -0.3 is 21.1 Å². The fourth-order valence-corrected chi connectivity index (χ4v) is 3.26. The maximum atomic E-state index is 12.9. The number of aromatic amines is 1. The quantitative estimate of drug-likeness (QED) is 0.561. The van der Waals surface area contributed by atoms with Crippen molar-refractivity contribution in [3.05, 3.63) is 58.8 Å². The zero-order chi connectivity index (χ0) is 19.1. The van der Waals surface area contributed by atoms with E-state index in [1.54, 1.807) is 24.3 Å². The summed E-state index contributed by atoms with van der Waals surface area (Å²) in [5.41, 5.74) is 6.52. The number of rotatable bonds is 3. The van der Waals surface area contributed by atoms with Crippen LogP contribution in [0.15, 0.2) is 36.4 Å². The lowest BCUT2D eigenvalue weighted by Gasteiger charge is -2.13. The number of nitrogens with zero attached hydrogens (tertiary/aromatic N) is 2. The molecule has 3 aromatic rings. The van der Waals surface area contributed by atoms with Crippen LogP contribution in [0.1, 0.15) is 32.0 Å². The molecule has 1 aliphatic heterocycles. The van der Waals surface area contributed by atoms with Crippen molar-refractivity contribution in [1.29, 1.82) is 0 Å². The van der Waals surface area contributed by atoms with Crippen LogP contribution in [0.4, 0.5) is 10.6 Å². The van der Waals surface area contributed by atoms with Gasteiger partial charge in [0.2, 0.25) is 0 Å². The lowest BCUT2D eigenvalue weighted by Crippen LogP contribution is -2.31. The number of benzene rings is 2. The molecule has 2 heterocycles. The second kappa shape index (κ2) is 6.13. The van der Waals surface area contributed by atoms with Gasteiger partial charge in [-0.15, -0.1) is 0 Å². The molecule has 5 N–H and O–H groups in total. The second-order valence-corrected chi connectivity index (χ2v) is 6.19. The summed E-state index contributed by atoms with van der Waals surface area (Å²) in [6.45, 7) is 0.476. The molecular formula is C18H15N5O4. The molecule has 0 spiro atoms. The van der Waals surface area contributed by atoms with Gasteiger partial charge in [-0.25, -0.2) is 9.59 Å². The number of urea groups is 1. The van der Waals surface area contributed by atoms with Crippen LogP contribution < -0.4 is 11.1 Å². The van der Waals surface area contributed by atoms with Crippen molar-refractivity contribution in [2.45, 2.75) is 13.1 Å². The number of primary amides is 1. The Morgan fingerprint density at radius 2 is 1.93 bits per heavy atom. The summed E-state index contributed by atoms with van der Waals surface area (Å²) < 4.78 is 0. The van der Waals surface area contributed by atoms with E-state index in [0.717, 1.165) is 5.39 Å². The van der Waals surface area contributed by atoms with Gasteiger partial charge in [-0.1, -0.05) is 30.3 Å². The van der Waals surface area contributed by atoms with Crippen LogP contribution >= 0.6 is 0 Å². The highest BCUT2D eigenvalue weighted by Crippen LogP contribution is 2.29. The highest BCUT2D eigenvalue weighted by Gasteiger charge is 2.29. The van der Waals surface area contributed by atoms with Crippen LogP contribution in [-0.4, -0.2) is 38.1 Å². The number of aromatic carboxylic acids is 1. The van der Waals surface area contributed by atoms with Gasteiger partial charge in [-0.05, 0) is 16.8 Å². The maximum Gasteiger partial charge on any atom is 0.336 e. The number of carbonyl (C=O) groups is 3. The van der Waals surface area contributed by atoms with Gasteiger partial charge in [0.15, 0.2) is 0 Å². The first-order chi connectivity index (χ1) is 13.0. The first-order valence-corrected chi connectivity index (χ1v) is 8.12. The topological polar surface area (TPSA) is 141 Å². The molecule has 0 saturated heterocycles. The number of carbonyl (C=O) groups excluding carboxylic acids is 2. The van der Waals surface area contributed by atoms with Crippen LogP contribution in [0.2, 0.25) is 0 Å². The molecule has 0 radical (unpaired) electrons. The van der Waals surface area contributed by atoms with E-state index in [1.165, 1.54) is 11.0 Å². The maximum absolute atomic E-state index is 12.9. The average Bonchev–Trinajstić information content (AvgIpc) is 3.22. The highest BCUT2D eigenvalue weighted by molar-refractivity contribution is 6.18. The Morgan fingerprint density at radius 1 is 1.15 bits per heavy atom. The van der Waals surface area contributed by atoms with Crippen molar-refractivity contribution in [1.82, 2.24) is 15.1 Å². The monoisotopic (exact) mass is 365 g/mol. The average molecular weight is 365 g/mol. The van der Waals surface area contributed by atoms with Crippen molar-refractivity contribution in [3.8, 4) is 0 Å². The van der Waals surface area contributed by atoms with Crippen molar-refractivity contribution >= 4 is 34.5 Å². The van der Waals surface area contributed by atoms with Gasteiger partial charge in [-0.2, -0.15) is 5.10 Å². The molecule has 9 nitrogen and oxygen atoms in total. The molecule has 2 aromatic carbocycles. The fourth-order valence-electron chi connectivity index (χ4n) is 3.26. The zero-order valence-corrected chi connectivity index (χ0v) is 14.0. The lowest BCUT2D eigenvalue weighted by molar-refractivity contribution is 0.0692. The molecule has 9 heteroatoms. The van der Waals surface area contributed by atoms with Crippen molar-refractivity contribution in [3.63, 3.8) is 0 Å². The molecule has 1 aliphatic rings. The largest absolute Gasteiger partial charge is 0.478 e. The molecule has 136 valence electrons. The van der Waals surface area contributed by atoms with Crippen molar-refractivity contribution < 1.29 is 19.5 Å². The SMILES string of the molecule is NC(=O)N1Cc2n[nH]c(NC(=O)c3c(C(=O)O)ccc4ccccc34)c2C1. The Hall–Kier alpha value is -3.88. The van der Waals surface area contributed by atoms with Crippen molar-refractivity contribution in [2.75, 3.05) is 5.32 Å². The van der Waals surface area contributed by atoms with Gasteiger partial charge in [0.1, 0.15) is 5.82 Å². The number of carboxylic acid groups (broad SMARTS) is 1. The van der Waals surface area contributed by atoms with Crippen LogP contribution in [0.5, 0.6) is 0 Å². The normalized spacial score (nSPS) is 12.8. The number of nitrogens with one attached hydrogen (secondary N) is 2. The summed E-state index contributed by atoms with van der Waals surface area (Å²) in [6.07, 6.45) is 0. The number of carboxylic acids is 1. The van der Waals surface area contributed by atoms with Crippen LogP contribution in [0.25, 0.3) is 10.8 Å². The third-order valence-electron chi connectivity index (χ3n) is 4.58. The molecule has 27 heavy (non-hydrogen) atoms. The van der Waals surface area contributed by atoms with E-state index in [2.05, 4.69) is 15.5 Å². The second-order valence-electron chi connectivity index (χ2n) is 6.19. The van der Waals surface area contributed by atoms with Crippen LogP contribution in [-0.2, 0) is 13.1 Å². The third kappa shape index (κ3) is 2.74. The number of anilines is 1. The number of H-pyrrole nitrogens is 1. The minimum absolute atomic E-state index is 0.0636. The molecule has 3 amide bonds. The molecule has 4 rings (SSSR count). The number of hydrogen-bond acceptors (Lipinski definition) is 4. The molecule has 0 aliphatic carbocycles. The Kier molecular flexibility index (Phi) is 3.76. The summed E-state index contributed by atoms with van der Waals surface area (Å²) in [5.74, 6) is -1.45. The van der Waals surface area contributed by atoms with Gasteiger partial charge in [0.05, 0.1) is 29.9 Å². The van der Waals surface area contributed by atoms with E-state index in [-0.39, 0.29) is 24.2 Å². The molecule has 1 aromatic heterocycles. The summed E-state index contributed by atoms with van der Waals surface area (Å²) in [7, 11) is 0. The molecule has 0 bridgehead atoms. The standard InChI is InChI=1S/C18H15N5O4/c19-18(27)23-7-12-13(8-23)21-22-15(12)20-16(24)14-10-4-2-1-3-9(10)5-6-11(14)17(25)26/h1-6H,7-8H2,(H2,19,27)(H,25,26)(H2,20,21,22,24). The predicted octanol–water partition coefficient (Wildman–Crippen LogP) is 1.91. The Morgan fingerprint density at radius 3 is 2.67 bits per heavy atom. The highest BCUT2D eigenvalue weighted by atomic mass is 16.4. The number of nitrogens with two attached hydrogens (primary N) is 1. The molecule has 0 fully saturated rings. The minimum Gasteiger partial charge on any atom is -0.478 e.